The monoisotopic (exact) mass is 231 g/mol. The van der Waals surface area contributed by atoms with E-state index >= 15 is 0 Å². The van der Waals surface area contributed by atoms with Crippen LogP contribution in [-0.2, 0) is 17.6 Å². The molecular weight excluding hydrogens is 218 g/mol. The zero-order chi connectivity index (χ0) is 12.3. The van der Waals surface area contributed by atoms with Gasteiger partial charge in [-0.1, -0.05) is 18.1 Å². The van der Waals surface area contributed by atoms with Crippen LogP contribution in [0.2, 0.25) is 0 Å². The number of aromatic nitrogens is 3. The summed E-state index contributed by atoms with van der Waals surface area (Å²) in [5.74, 6) is 0.774. The molecule has 2 aromatic rings. The van der Waals surface area contributed by atoms with Gasteiger partial charge in [0.1, 0.15) is 11.5 Å². The van der Waals surface area contributed by atoms with E-state index in [-0.39, 0.29) is 12.2 Å². The normalized spacial score (nSPS) is 10.5. The first-order chi connectivity index (χ1) is 8.20. The van der Waals surface area contributed by atoms with Crippen molar-refractivity contribution in [2.24, 2.45) is 0 Å². The van der Waals surface area contributed by atoms with Gasteiger partial charge >= 0.3 is 0 Å². The minimum Gasteiger partial charge on any atom is -0.338 e. The van der Waals surface area contributed by atoms with Crippen LogP contribution in [0, 0.1) is 0 Å². The largest absolute Gasteiger partial charge is 0.338 e. The van der Waals surface area contributed by atoms with Crippen molar-refractivity contribution in [2.45, 2.75) is 26.7 Å². The molecule has 2 heterocycles. The van der Waals surface area contributed by atoms with Gasteiger partial charge in [0.15, 0.2) is 0 Å². The van der Waals surface area contributed by atoms with Crippen molar-refractivity contribution in [3.05, 3.63) is 29.8 Å². The molecule has 0 aliphatic rings. The van der Waals surface area contributed by atoms with Crippen molar-refractivity contribution in [1.29, 1.82) is 0 Å². The zero-order valence-corrected chi connectivity index (χ0v) is 9.80. The molecule has 0 aliphatic heterocycles. The molecule has 0 fully saturated rings. The number of hydrogen-bond acceptors (Lipinski definition) is 5. The molecular formula is C12H13N3O2. The van der Waals surface area contributed by atoms with Crippen LogP contribution in [0.25, 0.3) is 11.5 Å². The maximum Gasteiger partial charge on any atom is 0.234 e. The van der Waals surface area contributed by atoms with Gasteiger partial charge in [0, 0.05) is 6.20 Å². The molecule has 88 valence electrons. The van der Waals surface area contributed by atoms with Crippen LogP contribution in [0.5, 0.6) is 0 Å². The summed E-state index contributed by atoms with van der Waals surface area (Å²) in [4.78, 5) is 19.3. The second kappa shape index (κ2) is 4.86. The van der Waals surface area contributed by atoms with Crippen LogP contribution in [0.15, 0.2) is 22.9 Å². The maximum atomic E-state index is 10.9. The quantitative estimate of drug-likeness (QED) is 0.802. The Bertz CT molecular complexity index is 534. The van der Waals surface area contributed by atoms with E-state index in [0.717, 1.165) is 12.0 Å². The molecule has 0 atom stereocenters. The third kappa shape index (κ3) is 2.55. The van der Waals surface area contributed by atoms with Crippen LogP contribution in [-0.4, -0.2) is 20.9 Å². The molecule has 5 heteroatoms. The van der Waals surface area contributed by atoms with Gasteiger partial charge in [-0.05, 0) is 25.0 Å². The summed E-state index contributed by atoms with van der Waals surface area (Å²) in [6.45, 7) is 3.53. The standard InChI is InChI=1S/C12H13N3O2/c1-3-9-5-4-6-13-11(9)12-14-10(17-15-12)7-8(2)16/h4-6H,3,7H2,1-2H3. The summed E-state index contributed by atoms with van der Waals surface area (Å²) in [6, 6.07) is 3.85. The molecule has 0 unspecified atom stereocenters. The van der Waals surface area contributed by atoms with Gasteiger partial charge in [-0.2, -0.15) is 4.98 Å². The van der Waals surface area contributed by atoms with Crippen molar-refractivity contribution in [2.75, 3.05) is 0 Å². The molecule has 0 amide bonds. The smallest absolute Gasteiger partial charge is 0.234 e. The van der Waals surface area contributed by atoms with Gasteiger partial charge in [0.05, 0.1) is 6.42 Å². The first-order valence-electron chi connectivity index (χ1n) is 5.47. The molecule has 0 N–H and O–H groups in total. The van der Waals surface area contributed by atoms with E-state index in [1.807, 2.05) is 19.1 Å². The fraction of sp³-hybridized carbons (Fsp3) is 0.333. The SMILES string of the molecule is CCc1cccnc1-c1noc(CC(C)=O)n1. The Hall–Kier alpha value is -2.04. The van der Waals surface area contributed by atoms with Gasteiger partial charge in [-0.25, -0.2) is 0 Å². The Morgan fingerprint density at radius 3 is 3.00 bits per heavy atom. The lowest BCUT2D eigenvalue weighted by atomic mass is 10.1. The molecule has 0 aliphatic carbocycles. The van der Waals surface area contributed by atoms with Crippen LogP contribution in [0.1, 0.15) is 25.3 Å². The van der Waals surface area contributed by atoms with Crippen LogP contribution in [0.3, 0.4) is 0 Å². The van der Waals surface area contributed by atoms with Crippen LogP contribution in [0.4, 0.5) is 0 Å². The Morgan fingerprint density at radius 1 is 1.47 bits per heavy atom. The molecule has 0 saturated carbocycles. The summed E-state index contributed by atoms with van der Waals surface area (Å²) in [7, 11) is 0. The highest BCUT2D eigenvalue weighted by atomic mass is 16.5. The van der Waals surface area contributed by atoms with Crippen LogP contribution >= 0.6 is 0 Å². The van der Waals surface area contributed by atoms with Crippen molar-refractivity contribution in [3.8, 4) is 11.5 Å². The average molecular weight is 231 g/mol. The third-order valence-corrected chi connectivity index (χ3v) is 2.35. The Balaban J connectivity index is 2.33. The Labute approximate surface area is 98.9 Å². The lowest BCUT2D eigenvalue weighted by Gasteiger charge is -2.00. The second-order valence-corrected chi connectivity index (χ2v) is 3.76. The van der Waals surface area contributed by atoms with Gasteiger partial charge in [0.2, 0.25) is 11.7 Å². The Kier molecular flexibility index (Phi) is 3.27. The minimum atomic E-state index is -0.00284. The number of rotatable bonds is 4. The van der Waals surface area contributed by atoms with E-state index in [1.54, 1.807) is 6.20 Å². The first kappa shape index (κ1) is 11.4. The predicted octanol–water partition coefficient (Wildman–Crippen LogP) is 1.83. The molecule has 5 nitrogen and oxygen atoms in total. The molecule has 0 bridgehead atoms. The molecule has 0 spiro atoms. The third-order valence-electron chi connectivity index (χ3n) is 2.35. The number of Topliss-reactive ketones (excluding diaryl/α,β-unsaturated/α-hetero) is 1. The highest BCUT2D eigenvalue weighted by molar-refractivity contribution is 5.77. The second-order valence-electron chi connectivity index (χ2n) is 3.76. The predicted molar refractivity (Wildman–Crippen MR) is 61.3 cm³/mol. The van der Waals surface area contributed by atoms with Gasteiger partial charge in [-0.15, -0.1) is 0 Å². The molecule has 2 rings (SSSR count). The van der Waals surface area contributed by atoms with Crippen molar-refractivity contribution < 1.29 is 9.32 Å². The topological polar surface area (TPSA) is 68.9 Å². The van der Waals surface area contributed by atoms with E-state index < -0.39 is 0 Å². The summed E-state index contributed by atoms with van der Waals surface area (Å²) in [6.07, 6.45) is 2.70. The highest BCUT2D eigenvalue weighted by Crippen LogP contribution is 2.18. The summed E-state index contributed by atoms with van der Waals surface area (Å²) in [5, 5.41) is 3.85. The Morgan fingerprint density at radius 2 is 2.29 bits per heavy atom. The number of aryl methyl sites for hydroxylation is 1. The summed E-state index contributed by atoms with van der Waals surface area (Å²) in [5.41, 5.74) is 1.77. The highest BCUT2D eigenvalue weighted by Gasteiger charge is 2.13. The first-order valence-corrected chi connectivity index (χ1v) is 5.47. The molecule has 0 radical (unpaired) electrons. The van der Waals surface area contributed by atoms with Gasteiger partial charge < -0.3 is 4.52 Å². The summed E-state index contributed by atoms with van der Waals surface area (Å²) >= 11 is 0. The summed E-state index contributed by atoms with van der Waals surface area (Å²) < 4.78 is 5.01. The molecule has 0 aromatic carbocycles. The number of nitrogens with zero attached hydrogens (tertiary/aromatic N) is 3. The van der Waals surface area contributed by atoms with Crippen molar-refractivity contribution in [1.82, 2.24) is 15.1 Å². The van der Waals surface area contributed by atoms with E-state index in [4.69, 9.17) is 4.52 Å². The number of carbonyl (C=O) groups excluding carboxylic acids is 1. The van der Waals surface area contributed by atoms with Gasteiger partial charge in [-0.3, -0.25) is 9.78 Å². The fourth-order valence-electron chi connectivity index (χ4n) is 1.56. The fourth-order valence-corrected chi connectivity index (χ4v) is 1.56. The zero-order valence-electron chi connectivity index (χ0n) is 9.80. The molecule has 2 aromatic heterocycles. The average Bonchev–Trinajstić information content (AvgIpc) is 2.76. The molecule has 17 heavy (non-hydrogen) atoms. The minimum absolute atomic E-state index is 0.00284. The lowest BCUT2D eigenvalue weighted by molar-refractivity contribution is -0.116. The van der Waals surface area contributed by atoms with E-state index in [1.165, 1.54) is 6.92 Å². The maximum absolute atomic E-state index is 10.9. The number of ketones is 1. The van der Waals surface area contributed by atoms with E-state index in [2.05, 4.69) is 15.1 Å². The van der Waals surface area contributed by atoms with Crippen LogP contribution < -0.4 is 0 Å². The van der Waals surface area contributed by atoms with Crippen molar-refractivity contribution in [3.63, 3.8) is 0 Å². The van der Waals surface area contributed by atoms with E-state index in [0.29, 0.717) is 17.4 Å². The lowest BCUT2D eigenvalue weighted by Crippen LogP contribution is -1.97. The number of carbonyl (C=O) groups is 1. The molecule has 0 saturated heterocycles. The number of pyridine rings is 1. The van der Waals surface area contributed by atoms with E-state index in [9.17, 15) is 4.79 Å². The van der Waals surface area contributed by atoms with Gasteiger partial charge in [0.25, 0.3) is 0 Å². The number of hydrogen-bond donors (Lipinski definition) is 0. The van der Waals surface area contributed by atoms with Crippen molar-refractivity contribution >= 4 is 5.78 Å².